The fraction of sp³-hybridized carbons (Fsp3) is 0.300. The lowest BCUT2D eigenvalue weighted by molar-refractivity contribution is 0.0937. The lowest BCUT2D eigenvalue weighted by Crippen LogP contribution is -2.27. The third kappa shape index (κ3) is 4.22. The monoisotopic (exact) mass is 345 g/mol. The predicted octanol–water partition coefficient (Wildman–Crippen LogP) is 2.30. The lowest BCUT2D eigenvalue weighted by atomic mass is 10.2. The van der Waals surface area contributed by atoms with Gasteiger partial charge in [-0.3, -0.25) is 4.79 Å². The summed E-state index contributed by atoms with van der Waals surface area (Å²) in [6, 6.07) is 2.38. The number of benzene rings is 1. The summed E-state index contributed by atoms with van der Waals surface area (Å²) in [4.78, 5) is 11.5. The van der Waals surface area contributed by atoms with E-state index in [1.165, 1.54) is 13.2 Å². The van der Waals surface area contributed by atoms with Crippen LogP contribution < -0.4 is 5.32 Å². The summed E-state index contributed by atoms with van der Waals surface area (Å²) in [5, 5.41) is 2.21. The van der Waals surface area contributed by atoms with E-state index in [-0.39, 0.29) is 27.0 Å². The highest BCUT2D eigenvalue weighted by molar-refractivity contribution is 8.13. The van der Waals surface area contributed by atoms with Crippen molar-refractivity contribution in [2.24, 2.45) is 0 Å². The van der Waals surface area contributed by atoms with Crippen molar-refractivity contribution in [3.63, 3.8) is 0 Å². The van der Waals surface area contributed by atoms with Gasteiger partial charge < -0.3 is 10.1 Å². The van der Waals surface area contributed by atoms with Crippen molar-refractivity contribution < 1.29 is 17.9 Å². The number of ether oxygens (including phenoxy) is 1. The van der Waals surface area contributed by atoms with Gasteiger partial charge in [-0.25, -0.2) is 8.42 Å². The number of hydrogen-bond donors (Lipinski definition) is 1. The molecule has 1 rings (SSSR count). The number of amides is 1. The molecule has 0 fully saturated rings. The molecule has 0 aromatic heterocycles. The number of halogens is 3. The second-order valence-electron chi connectivity index (χ2n) is 3.42. The number of rotatable bonds is 5. The maximum atomic E-state index is 11.9. The van der Waals surface area contributed by atoms with Crippen molar-refractivity contribution in [1.29, 1.82) is 0 Å². The van der Waals surface area contributed by atoms with Gasteiger partial charge in [0.05, 0.1) is 22.2 Å². The zero-order valence-electron chi connectivity index (χ0n) is 9.74. The molecule has 1 aromatic rings. The second-order valence-corrected chi connectivity index (χ2v) is 6.74. The molecule has 1 aromatic carbocycles. The van der Waals surface area contributed by atoms with E-state index in [0.29, 0.717) is 6.61 Å². The Morgan fingerprint density at radius 3 is 2.53 bits per heavy atom. The summed E-state index contributed by atoms with van der Waals surface area (Å²) in [5.74, 6) is -0.603. The molecule has 0 aliphatic heterocycles. The molecular weight excluding hydrogens is 337 g/mol. The topological polar surface area (TPSA) is 72.5 Å². The zero-order valence-corrected chi connectivity index (χ0v) is 12.8. The fourth-order valence-electron chi connectivity index (χ4n) is 1.28. The summed E-state index contributed by atoms with van der Waals surface area (Å²) in [7, 11) is 2.64. The maximum Gasteiger partial charge on any atom is 0.262 e. The third-order valence-corrected chi connectivity index (χ3v) is 4.32. The summed E-state index contributed by atoms with van der Waals surface area (Å²) in [6.07, 6.45) is 0. The highest BCUT2D eigenvalue weighted by atomic mass is 35.7. The molecule has 1 N–H and O–H groups in total. The van der Waals surface area contributed by atoms with Crippen LogP contribution in [0.5, 0.6) is 0 Å². The Balaban J connectivity index is 3.17. The summed E-state index contributed by atoms with van der Waals surface area (Å²) >= 11 is 11.7. The minimum absolute atomic E-state index is 0.0315. The minimum Gasteiger partial charge on any atom is -0.383 e. The standard InChI is InChI=1S/C10H10Cl3NO4S/c1-18-5-4-14-10(15)8-6(11)2-3-7(9(8)12)19(13,16)17/h2-3H,4-5H2,1H3,(H,14,15). The first-order chi connectivity index (χ1) is 8.79. The van der Waals surface area contributed by atoms with Gasteiger partial charge in [0.15, 0.2) is 0 Å². The SMILES string of the molecule is COCCNC(=O)c1c(Cl)ccc(S(=O)(=O)Cl)c1Cl. The average molecular weight is 347 g/mol. The molecule has 106 valence electrons. The highest BCUT2D eigenvalue weighted by Crippen LogP contribution is 2.32. The predicted molar refractivity (Wildman–Crippen MR) is 73.7 cm³/mol. The molecule has 0 bridgehead atoms. The fourth-order valence-corrected chi connectivity index (χ4v) is 3.18. The van der Waals surface area contributed by atoms with E-state index in [0.717, 1.165) is 6.07 Å². The van der Waals surface area contributed by atoms with Crippen molar-refractivity contribution in [1.82, 2.24) is 5.32 Å². The maximum absolute atomic E-state index is 11.9. The first kappa shape index (κ1) is 16.5. The summed E-state index contributed by atoms with van der Waals surface area (Å²) in [6.45, 7) is 0.536. The third-order valence-electron chi connectivity index (χ3n) is 2.14. The molecule has 0 unspecified atom stereocenters. The van der Waals surface area contributed by atoms with Crippen LogP contribution in [0.4, 0.5) is 0 Å². The molecule has 0 saturated heterocycles. The average Bonchev–Trinajstić information content (AvgIpc) is 2.27. The van der Waals surface area contributed by atoms with Gasteiger partial charge in [0.2, 0.25) is 0 Å². The van der Waals surface area contributed by atoms with Crippen LogP contribution >= 0.6 is 33.9 Å². The molecule has 0 heterocycles. The molecule has 19 heavy (non-hydrogen) atoms. The smallest absolute Gasteiger partial charge is 0.262 e. The Morgan fingerprint density at radius 1 is 1.37 bits per heavy atom. The van der Waals surface area contributed by atoms with Crippen molar-refractivity contribution >= 4 is 48.8 Å². The quantitative estimate of drug-likeness (QED) is 0.656. The molecule has 9 heteroatoms. The zero-order chi connectivity index (χ0) is 14.6. The van der Waals surface area contributed by atoms with Crippen LogP contribution in [0.3, 0.4) is 0 Å². The largest absolute Gasteiger partial charge is 0.383 e. The van der Waals surface area contributed by atoms with E-state index in [1.807, 2.05) is 0 Å². The van der Waals surface area contributed by atoms with Crippen molar-refractivity contribution in [2.75, 3.05) is 20.3 Å². The molecule has 0 aliphatic rings. The molecule has 0 aliphatic carbocycles. The Kier molecular flexibility index (Phi) is 5.88. The van der Waals surface area contributed by atoms with E-state index in [1.54, 1.807) is 0 Å². The van der Waals surface area contributed by atoms with Crippen LogP contribution in [0.15, 0.2) is 17.0 Å². The van der Waals surface area contributed by atoms with E-state index in [4.69, 9.17) is 38.6 Å². The van der Waals surface area contributed by atoms with E-state index in [9.17, 15) is 13.2 Å². The number of nitrogens with one attached hydrogen (secondary N) is 1. The van der Waals surface area contributed by atoms with Crippen LogP contribution in [0.1, 0.15) is 10.4 Å². The van der Waals surface area contributed by atoms with Gasteiger partial charge in [-0.15, -0.1) is 0 Å². The number of carbonyl (C=O) groups excluding carboxylic acids is 1. The van der Waals surface area contributed by atoms with E-state index in [2.05, 4.69) is 5.32 Å². The van der Waals surface area contributed by atoms with Gasteiger partial charge in [-0.05, 0) is 12.1 Å². The van der Waals surface area contributed by atoms with Gasteiger partial charge in [-0.1, -0.05) is 23.2 Å². The summed E-state index contributed by atoms with van der Waals surface area (Å²) in [5.41, 5.74) is -0.138. The number of methoxy groups -OCH3 is 1. The molecule has 1 amide bonds. The Morgan fingerprint density at radius 2 is 2.00 bits per heavy atom. The first-order valence-electron chi connectivity index (χ1n) is 4.99. The number of carbonyl (C=O) groups is 1. The molecule has 0 spiro atoms. The van der Waals surface area contributed by atoms with Crippen molar-refractivity contribution in [2.45, 2.75) is 4.90 Å². The van der Waals surface area contributed by atoms with Crippen LogP contribution in [-0.4, -0.2) is 34.6 Å². The number of hydrogen-bond acceptors (Lipinski definition) is 4. The second kappa shape index (κ2) is 6.76. The summed E-state index contributed by atoms with van der Waals surface area (Å²) < 4.78 is 27.3. The Bertz CT molecular complexity index is 589. The molecule has 0 atom stereocenters. The van der Waals surface area contributed by atoms with Gasteiger partial charge in [0, 0.05) is 24.3 Å². The van der Waals surface area contributed by atoms with Crippen LogP contribution in [0, 0.1) is 0 Å². The molecule has 0 saturated carbocycles. The van der Waals surface area contributed by atoms with Crippen molar-refractivity contribution in [3.8, 4) is 0 Å². The van der Waals surface area contributed by atoms with Crippen LogP contribution in [-0.2, 0) is 13.8 Å². The molecule has 5 nitrogen and oxygen atoms in total. The highest BCUT2D eigenvalue weighted by Gasteiger charge is 2.23. The lowest BCUT2D eigenvalue weighted by Gasteiger charge is -2.10. The van der Waals surface area contributed by atoms with Gasteiger partial charge in [0.1, 0.15) is 4.90 Å². The normalized spacial score (nSPS) is 11.4. The van der Waals surface area contributed by atoms with Crippen LogP contribution in [0.25, 0.3) is 0 Å². The minimum atomic E-state index is -4.05. The van der Waals surface area contributed by atoms with Crippen LogP contribution in [0.2, 0.25) is 10.0 Å². The van der Waals surface area contributed by atoms with E-state index >= 15 is 0 Å². The first-order valence-corrected chi connectivity index (χ1v) is 8.05. The molecule has 0 radical (unpaired) electrons. The van der Waals surface area contributed by atoms with E-state index < -0.39 is 15.0 Å². The van der Waals surface area contributed by atoms with Gasteiger partial charge in [0.25, 0.3) is 15.0 Å². The molecular formula is C10H10Cl3NO4S. The van der Waals surface area contributed by atoms with Gasteiger partial charge in [-0.2, -0.15) is 0 Å². The Hall–Kier alpha value is -0.530. The van der Waals surface area contributed by atoms with Crippen molar-refractivity contribution in [3.05, 3.63) is 27.7 Å². The Labute approximate surface area is 125 Å². The van der Waals surface area contributed by atoms with Gasteiger partial charge >= 0.3 is 0 Å².